The van der Waals surface area contributed by atoms with Crippen molar-refractivity contribution in [2.75, 3.05) is 0 Å². The van der Waals surface area contributed by atoms with Crippen LogP contribution in [-0.2, 0) is 0 Å². The minimum atomic E-state index is -0.0426. The fourth-order valence-corrected chi connectivity index (χ4v) is 9.05. The molecule has 3 nitrogen and oxygen atoms in total. The van der Waals surface area contributed by atoms with Crippen molar-refractivity contribution in [1.29, 1.82) is 0 Å². The molecule has 0 atom stereocenters. The third-order valence-corrected chi connectivity index (χ3v) is 11.7. The van der Waals surface area contributed by atoms with Gasteiger partial charge in [0, 0.05) is 28.4 Å². The Hall–Kier alpha value is -6.52. The molecule has 2 aliphatic rings. The summed E-state index contributed by atoms with van der Waals surface area (Å²) in [4.78, 5) is 0. The molecule has 0 amide bonds. The fraction of sp³-hybridized carbons (Fsp3) is 0.0800. The summed E-state index contributed by atoms with van der Waals surface area (Å²) in [5, 5.41) is 4.96. The molecule has 0 saturated carbocycles. The summed E-state index contributed by atoms with van der Waals surface area (Å²) in [7, 11) is 0. The molecule has 54 heavy (non-hydrogen) atoms. The largest absolute Gasteiger partial charge is 0.458 e. The Morgan fingerprint density at radius 1 is 0.463 bits per heavy atom. The van der Waals surface area contributed by atoms with E-state index < -0.39 is 0 Å². The Bertz CT molecular complexity index is 2940. The number of para-hydroxylation sites is 1. The monoisotopic (exact) mass is 693 g/mol. The molecule has 0 saturated heterocycles. The van der Waals surface area contributed by atoms with Crippen LogP contribution in [0.1, 0.15) is 22.3 Å². The van der Waals surface area contributed by atoms with Gasteiger partial charge in [-0.05, 0) is 107 Å². The highest BCUT2D eigenvalue weighted by Crippen LogP contribution is 2.42. The molecule has 8 aromatic carbocycles. The Labute approximate surface area is 315 Å². The van der Waals surface area contributed by atoms with Gasteiger partial charge in [0.05, 0.1) is 16.7 Å². The van der Waals surface area contributed by atoms with E-state index in [1.807, 2.05) is 0 Å². The third kappa shape index (κ3) is 4.56. The van der Waals surface area contributed by atoms with Crippen molar-refractivity contribution in [3.05, 3.63) is 168 Å². The van der Waals surface area contributed by atoms with Gasteiger partial charge in [0.15, 0.2) is 0 Å². The lowest BCUT2D eigenvalue weighted by atomic mass is 9.34. The molecular weight excluding hydrogens is 657 g/mol. The minimum Gasteiger partial charge on any atom is -0.458 e. The normalized spacial score (nSPS) is 12.7. The summed E-state index contributed by atoms with van der Waals surface area (Å²) < 4.78 is 16.4. The Kier molecular flexibility index (Phi) is 6.61. The van der Waals surface area contributed by atoms with Gasteiger partial charge in [0.2, 0.25) is 0 Å². The SMILES string of the molecule is Cc1ccc(C)c(-c2ccc3c(c2)Oc2cc(-n4c5ccccc5c5c6ccccc6ccc54)cc4c2B3c2ccc(-c3cc(C)ccc3C)cc2O4)c1. The highest BCUT2D eigenvalue weighted by atomic mass is 16.5. The lowest BCUT2D eigenvalue weighted by Gasteiger charge is -2.34. The molecular formula is C50H36BNO2. The van der Waals surface area contributed by atoms with E-state index >= 15 is 0 Å². The van der Waals surface area contributed by atoms with Crippen LogP contribution in [0.25, 0.3) is 60.5 Å². The number of rotatable bonds is 3. The van der Waals surface area contributed by atoms with E-state index in [0.29, 0.717) is 0 Å². The second kappa shape index (κ2) is 11.5. The van der Waals surface area contributed by atoms with Gasteiger partial charge < -0.3 is 14.0 Å². The van der Waals surface area contributed by atoms with E-state index in [-0.39, 0.29) is 6.71 Å². The highest BCUT2D eigenvalue weighted by Gasteiger charge is 2.41. The topological polar surface area (TPSA) is 23.4 Å². The van der Waals surface area contributed by atoms with Crippen LogP contribution in [0.4, 0.5) is 0 Å². The van der Waals surface area contributed by atoms with E-state index in [2.05, 4.69) is 178 Å². The third-order valence-electron chi connectivity index (χ3n) is 11.7. The summed E-state index contributed by atoms with van der Waals surface area (Å²) in [6.45, 7) is 8.62. The van der Waals surface area contributed by atoms with Crippen LogP contribution in [0.2, 0.25) is 0 Å². The minimum absolute atomic E-state index is 0.0426. The van der Waals surface area contributed by atoms with Crippen LogP contribution in [0.5, 0.6) is 23.0 Å². The van der Waals surface area contributed by atoms with Gasteiger partial charge in [-0.1, -0.05) is 120 Å². The van der Waals surface area contributed by atoms with E-state index in [0.717, 1.165) is 67.2 Å². The number of ether oxygens (including phenoxy) is 2. The predicted octanol–water partition coefficient (Wildman–Crippen LogP) is 11.2. The number of nitrogens with zero attached hydrogens (tertiary/aromatic N) is 1. The molecule has 0 bridgehead atoms. The smallest absolute Gasteiger partial charge is 0.260 e. The molecule has 0 unspecified atom stereocenters. The quantitative estimate of drug-likeness (QED) is 0.172. The fourth-order valence-electron chi connectivity index (χ4n) is 9.05. The zero-order valence-corrected chi connectivity index (χ0v) is 30.7. The maximum Gasteiger partial charge on any atom is 0.260 e. The van der Waals surface area contributed by atoms with Crippen molar-refractivity contribution in [2.24, 2.45) is 0 Å². The molecule has 4 heteroatoms. The molecule has 0 fully saturated rings. The standard InChI is InChI=1S/C50H36BNO2/c1-29-13-15-31(3)39(23-29)34-17-20-41-45(25-34)53-47-27-36(52-43-12-8-7-11-38(43)49-37-10-6-5-9-33(37)19-22-44(49)52)28-48-50(47)51(41)42-21-18-35(26-46(42)54-48)40-24-30(2)14-16-32(40)4/h5-28H,1-4H3. The molecule has 3 heterocycles. The molecule has 0 N–H and O–H groups in total. The van der Waals surface area contributed by atoms with E-state index in [9.17, 15) is 0 Å². The first-order chi connectivity index (χ1) is 26.4. The van der Waals surface area contributed by atoms with Crippen molar-refractivity contribution in [2.45, 2.75) is 27.7 Å². The zero-order chi connectivity index (χ0) is 36.2. The number of aryl methyl sites for hydroxylation is 4. The first-order valence-electron chi connectivity index (χ1n) is 18.8. The first-order valence-corrected chi connectivity index (χ1v) is 18.8. The average molecular weight is 694 g/mol. The molecule has 11 rings (SSSR count). The van der Waals surface area contributed by atoms with Crippen molar-refractivity contribution < 1.29 is 9.47 Å². The highest BCUT2D eigenvalue weighted by molar-refractivity contribution is 6.98. The van der Waals surface area contributed by atoms with Gasteiger partial charge in [-0.2, -0.15) is 0 Å². The molecule has 1 aromatic heterocycles. The van der Waals surface area contributed by atoms with Gasteiger partial charge >= 0.3 is 0 Å². The average Bonchev–Trinajstić information content (AvgIpc) is 3.54. The summed E-state index contributed by atoms with van der Waals surface area (Å²) in [5.41, 5.74) is 16.4. The summed E-state index contributed by atoms with van der Waals surface area (Å²) in [5.74, 6) is 3.42. The number of hydrogen-bond donors (Lipinski definition) is 0. The summed E-state index contributed by atoms with van der Waals surface area (Å²) >= 11 is 0. The molecule has 256 valence electrons. The second-order valence-corrected chi connectivity index (χ2v) is 15.2. The predicted molar refractivity (Wildman–Crippen MR) is 226 cm³/mol. The molecule has 2 aliphatic heterocycles. The van der Waals surface area contributed by atoms with E-state index in [1.54, 1.807) is 0 Å². The van der Waals surface area contributed by atoms with Gasteiger partial charge in [-0.3, -0.25) is 0 Å². The second-order valence-electron chi connectivity index (χ2n) is 15.2. The maximum absolute atomic E-state index is 7.03. The van der Waals surface area contributed by atoms with Gasteiger partial charge in [-0.25, -0.2) is 0 Å². The van der Waals surface area contributed by atoms with Crippen LogP contribution in [-0.4, -0.2) is 11.3 Å². The van der Waals surface area contributed by atoms with Crippen LogP contribution in [0.15, 0.2) is 146 Å². The maximum atomic E-state index is 7.03. The van der Waals surface area contributed by atoms with Crippen LogP contribution >= 0.6 is 0 Å². The number of hydrogen-bond acceptors (Lipinski definition) is 2. The van der Waals surface area contributed by atoms with Gasteiger partial charge in [0.1, 0.15) is 23.0 Å². The van der Waals surface area contributed by atoms with Gasteiger partial charge in [0.25, 0.3) is 6.71 Å². The lowest BCUT2D eigenvalue weighted by Crippen LogP contribution is -2.57. The first kappa shape index (κ1) is 31.1. The Morgan fingerprint density at radius 2 is 1.04 bits per heavy atom. The molecule has 0 radical (unpaired) electrons. The Morgan fingerprint density at radius 3 is 1.67 bits per heavy atom. The number of benzene rings is 8. The van der Waals surface area contributed by atoms with Crippen LogP contribution in [0, 0.1) is 27.7 Å². The zero-order valence-electron chi connectivity index (χ0n) is 30.7. The van der Waals surface area contributed by atoms with E-state index in [1.165, 1.54) is 54.9 Å². The van der Waals surface area contributed by atoms with Crippen molar-refractivity contribution in [3.63, 3.8) is 0 Å². The van der Waals surface area contributed by atoms with Crippen molar-refractivity contribution in [3.8, 4) is 50.9 Å². The van der Waals surface area contributed by atoms with Gasteiger partial charge in [-0.15, -0.1) is 0 Å². The number of fused-ring (bicyclic) bond motifs is 9. The summed E-state index contributed by atoms with van der Waals surface area (Å²) in [6, 6.07) is 53.1. The Balaban J connectivity index is 1.16. The molecule has 0 spiro atoms. The molecule has 0 aliphatic carbocycles. The van der Waals surface area contributed by atoms with Crippen LogP contribution < -0.4 is 25.9 Å². The van der Waals surface area contributed by atoms with Crippen molar-refractivity contribution >= 4 is 55.7 Å². The number of aromatic nitrogens is 1. The van der Waals surface area contributed by atoms with E-state index in [4.69, 9.17) is 9.47 Å². The summed E-state index contributed by atoms with van der Waals surface area (Å²) in [6.07, 6.45) is 0. The van der Waals surface area contributed by atoms with Crippen molar-refractivity contribution in [1.82, 2.24) is 4.57 Å². The van der Waals surface area contributed by atoms with Crippen LogP contribution in [0.3, 0.4) is 0 Å². The lowest BCUT2D eigenvalue weighted by molar-refractivity contribution is 0.464. The molecule has 9 aromatic rings.